The van der Waals surface area contributed by atoms with Gasteiger partial charge in [0.15, 0.2) is 0 Å². The van der Waals surface area contributed by atoms with E-state index in [2.05, 4.69) is 36.2 Å². The number of benzene rings is 1. The first-order valence-electron chi connectivity index (χ1n) is 7.24. The number of fused-ring (bicyclic) bond motifs is 1. The average Bonchev–Trinajstić information content (AvgIpc) is 2.89. The molecular weight excluding hydrogens is 252 g/mol. The second-order valence-electron chi connectivity index (χ2n) is 5.49. The third-order valence-corrected chi connectivity index (χ3v) is 3.28. The van der Waals surface area contributed by atoms with Gasteiger partial charge in [0.2, 0.25) is 0 Å². The molecule has 20 heavy (non-hydrogen) atoms. The van der Waals surface area contributed by atoms with Crippen LogP contribution < -0.4 is 10.2 Å². The summed E-state index contributed by atoms with van der Waals surface area (Å²) in [7, 11) is 0. The van der Waals surface area contributed by atoms with Crippen molar-refractivity contribution in [1.29, 1.82) is 0 Å². The lowest BCUT2D eigenvalue weighted by Gasteiger charge is -2.27. The number of anilines is 1. The van der Waals surface area contributed by atoms with Gasteiger partial charge in [-0.25, -0.2) is 0 Å². The molecule has 1 aromatic heterocycles. The van der Waals surface area contributed by atoms with Gasteiger partial charge in [0, 0.05) is 24.2 Å². The van der Waals surface area contributed by atoms with Crippen molar-refractivity contribution in [2.75, 3.05) is 31.3 Å². The Balaban J connectivity index is 2.07. The predicted octanol–water partition coefficient (Wildman–Crippen LogP) is 2.82. The minimum absolute atomic E-state index is 0.0468. The van der Waals surface area contributed by atoms with Gasteiger partial charge in [-0.05, 0) is 43.1 Å². The summed E-state index contributed by atoms with van der Waals surface area (Å²) in [6.45, 7) is 7.35. The second-order valence-corrected chi connectivity index (χ2v) is 5.49. The topological polar surface area (TPSA) is 48.6 Å². The highest BCUT2D eigenvalue weighted by Crippen LogP contribution is 2.23. The average molecular weight is 276 g/mol. The van der Waals surface area contributed by atoms with Gasteiger partial charge in [-0.15, -0.1) is 0 Å². The maximum atomic E-state index is 8.75. The zero-order valence-electron chi connectivity index (χ0n) is 12.3. The number of nitrogens with one attached hydrogen (secondary N) is 1. The van der Waals surface area contributed by atoms with Gasteiger partial charge < -0.3 is 14.4 Å². The van der Waals surface area contributed by atoms with Crippen molar-refractivity contribution in [2.24, 2.45) is 5.92 Å². The van der Waals surface area contributed by atoms with E-state index >= 15 is 0 Å². The summed E-state index contributed by atoms with van der Waals surface area (Å²) in [5.74, 6) is 0.612. The summed E-state index contributed by atoms with van der Waals surface area (Å²) in [5.41, 5.74) is 2.16. The van der Waals surface area contributed by atoms with E-state index in [4.69, 9.17) is 9.52 Å². The molecule has 0 amide bonds. The zero-order valence-corrected chi connectivity index (χ0v) is 12.3. The Kier molecular flexibility index (Phi) is 5.44. The number of furan rings is 1. The number of nitrogens with zero attached hydrogens (tertiary/aromatic N) is 1. The van der Waals surface area contributed by atoms with Crippen molar-refractivity contribution in [1.82, 2.24) is 5.32 Å². The fourth-order valence-corrected chi connectivity index (χ4v) is 2.39. The smallest absolute Gasteiger partial charge is 0.133 e. The van der Waals surface area contributed by atoms with Crippen molar-refractivity contribution < 1.29 is 9.52 Å². The highest BCUT2D eigenvalue weighted by molar-refractivity contribution is 5.81. The summed E-state index contributed by atoms with van der Waals surface area (Å²) >= 11 is 0. The maximum absolute atomic E-state index is 8.75. The Bertz CT molecular complexity index is 522. The summed E-state index contributed by atoms with van der Waals surface area (Å²) in [6, 6.07) is 8.33. The van der Waals surface area contributed by atoms with Crippen LogP contribution in [0.1, 0.15) is 20.3 Å². The third-order valence-electron chi connectivity index (χ3n) is 3.28. The van der Waals surface area contributed by atoms with Gasteiger partial charge >= 0.3 is 0 Å². The molecule has 1 aromatic carbocycles. The predicted molar refractivity (Wildman–Crippen MR) is 83.0 cm³/mol. The first-order valence-corrected chi connectivity index (χ1v) is 7.24. The number of rotatable bonds is 8. The lowest BCUT2D eigenvalue weighted by atomic mass is 10.1. The summed E-state index contributed by atoms with van der Waals surface area (Å²) in [4.78, 5) is 2.40. The van der Waals surface area contributed by atoms with E-state index in [0.29, 0.717) is 5.92 Å². The monoisotopic (exact) mass is 276 g/mol. The molecule has 4 nitrogen and oxygen atoms in total. The van der Waals surface area contributed by atoms with Crippen LogP contribution in [-0.2, 0) is 0 Å². The number of aliphatic hydroxyl groups is 1. The van der Waals surface area contributed by atoms with E-state index in [-0.39, 0.29) is 6.73 Å². The molecule has 0 aliphatic rings. The molecule has 2 rings (SSSR count). The molecular formula is C16H24N2O2. The number of hydrogen-bond donors (Lipinski definition) is 2. The van der Waals surface area contributed by atoms with Crippen LogP contribution in [0.4, 0.5) is 5.69 Å². The van der Waals surface area contributed by atoms with E-state index < -0.39 is 0 Å². The molecule has 0 saturated carbocycles. The lowest BCUT2D eigenvalue weighted by molar-refractivity contribution is 0.260. The minimum Gasteiger partial charge on any atom is -0.464 e. The Morgan fingerprint density at radius 2 is 2.15 bits per heavy atom. The van der Waals surface area contributed by atoms with Crippen LogP contribution in [0.2, 0.25) is 0 Å². The van der Waals surface area contributed by atoms with Crippen LogP contribution >= 0.6 is 0 Å². The molecule has 0 aliphatic carbocycles. The molecule has 4 heteroatoms. The fraction of sp³-hybridized carbons (Fsp3) is 0.500. The van der Waals surface area contributed by atoms with Gasteiger partial charge in [0.05, 0.1) is 13.0 Å². The Labute approximate surface area is 120 Å². The normalized spacial score (nSPS) is 11.4. The molecule has 2 N–H and O–H groups in total. The molecule has 0 unspecified atom stereocenters. The Morgan fingerprint density at radius 3 is 2.90 bits per heavy atom. The molecule has 0 fully saturated rings. The summed E-state index contributed by atoms with van der Waals surface area (Å²) in [5, 5.41) is 12.8. The standard InChI is InChI=1S/C16H24N2O2/c1-13(2)11-18(8-3-7-17-12-19)15-4-5-16-14(10-15)6-9-20-16/h4-6,9-10,13,17,19H,3,7-8,11-12H2,1-2H3. The largest absolute Gasteiger partial charge is 0.464 e. The zero-order chi connectivity index (χ0) is 14.4. The van der Waals surface area contributed by atoms with E-state index in [1.165, 1.54) is 5.69 Å². The SMILES string of the molecule is CC(C)CN(CCCNCO)c1ccc2occc2c1. The lowest BCUT2D eigenvalue weighted by Crippen LogP contribution is -2.30. The van der Waals surface area contributed by atoms with Gasteiger partial charge in [0.25, 0.3) is 0 Å². The Hall–Kier alpha value is -1.52. The molecule has 110 valence electrons. The third kappa shape index (κ3) is 3.99. The van der Waals surface area contributed by atoms with E-state index in [0.717, 1.165) is 37.0 Å². The van der Waals surface area contributed by atoms with Crippen molar-refractivity contribution in [2.45, 2.75) is 20.3 Å². The van der Waals surface area contributed by atoms with Crippen LogP contribution in [0, 0.1) is 5.92 Å². The molecule has 1 heterocycles. The van der Waals surface area contributed by atoms with E-state index in [9.17, 15) is 0 Å². The molecule has 0 radical (unpaired) electrons. The first kappa shape index (κ1) is 14.9. The quantitative estimate of drug-likeness (QED) is 0.575. The highest BCUT2D eigenvalue weighted by atomic mass is 16.3. The minimum atomic E-state index is 0.0468. The van der Waals surface area contributed by atoms with Crippen molar-refractivity contribution >= 4 is 16.7 Å². The van der Waals surface area contributed by atoms with Crippen LogP contribution in [0.15, 0.2) is 34.9 Å². The number of hydrogen-bond acceptors (Lipinski definition) is 4. The van der Waals surface area contributed by atoms with Crippen LogP contribution in [0.25, 0.3) is 11.0 Å². The van der Waals surface area contributed by atoms with Crippen molar-refractivity contribution in [3.63, 3.8) is 0 Å². The van der Waals surface area contributed by atoms with E-state index in [1.54, 1.807) is 6.26 Å². The molecule has 0 saturated heterocycles. The molecule has 0 bridgehead atoms. The van der Waals surface area contributed by atoms with E-state index in [1.807, 2.05) is 12.1 Å². The van der Waals surface area contributed by atoms with Crippen LogP contribution in [-0.4, -0.2) is 31.5 Å². The van der Waals surface area contributed by atoms with Crippen molar-refractivity contribution in [3.8, 4) is 0 Å². The fourth-order valence-electron chi connectivity index (χ4n) is 2.39. The van der Waals surface area contributed by atoms with Gasteiger partial charge in [-0.3, -0.25) is 5.32 Å². The summed E-state index contributed by atoms with van der Waals surface area (Å²) < 4.78 is 5.39. The highest BCUT2D eigenvalue weighted by Gasteiger charge is 2.09. The second kappa shape index (κ2) is 7.31. The van der Waals surface area contributed by atoms with Gasteiger partial charge in [-0.1, -0.05) is 13.8 Å². The van der Waals surface area contributed by atoms with Gasteiger partial charge in [0.1, 0.15) is 5.58 Å². The first-order chi connectivity index (χ1) is 9.70. The number of aliphatic hydroxyl groups excluding tert-OH is 1. The molecule has 0 atom stereocenters. The molecule has 0 spiro atoms. The van der Waals surface area contributed by atoms with Crippen LogP contribution in [0.3, 0.4) is 0 Å². The molecule has 2 aromatic rings. The van der Waals surface area contributed by atoms with Crippen LogP contribution in [0.5, 0.6) is 0 Å². The maximum Gasteiger partial charge on any atom is 0.133 e. The van der Waals surface area contributed by atoms with Gasteiger partial charge in [-0.2, -0.15) is 0 Å². The molecule has 0 aliphatic heterocycles. The van der Waals surface area contributed by atoms with Crippen molar-refractivity contribution in [3.05, 3.63) is 30.5 Å². The Morgan fingerprint density at radius 1 is 1.30 bits per heavy atom. The summed E-state index contributed by atoms with van der Waals surface area (Å²) in [6.07, 6.45) is 2.74.